The summed E-state index contributed by atoms with van der Waals surface area (Å²) in [4.78, 5) is 12.3. The van der Waals surface area contributed by atoms with Gasteiger partial charge in [0.15, 0.2) is 0 Å². The van der Waals surface area contributed by atoms with Gasteiger partial charge in [-0.1, -0.05) is 6.07 Å². The van der Waals surface area contributed by atoms with Crippen LogP contribution in [0.3, 0.4) is 0 Å². The van der Waals surface area contributed by atoms with Crippen LogP contribution in [0.2, 0.25) is 0 Å². The number of carbonyl (C=O) groups is 1. The maximum atomic E-state index is 13.0. The second-order valence-electron chi connectivity index (χ2n) is 8.77. The molecule has 1 amide bonds. The molecule has 38 heavy (non-hydrogen) atoms. The number of anilines is 1. The van der Waals surface area contributed by atoms with Gasteiger partial charge in [0.25, 0.3) is 0 Å². The lowest BCUT2D eigenvalue weighted by atomic mass is 10.2. The number of alkyl halides is 3. The van der Waals surface area contributed by atoms with E-state index in [1.807, 2.05) is 0 Å². The van der Waals surface area contributed by atoms with Crippen LogP contribution in [0.5, 0.6) is 5.75 Å². The van der Waals surface area contributed by atoms with Crippen molar-refractivity contribution >= 4 is 31.6 Å². The minimum Gasteiger partial charge on any atom is -0.492 e. The summed E-state index contributed by atoms with van der Waals surface area (Å²) in [6.07, 6.45) is -2.00. The number of nitrogens with zero attached hydrogens (tertiary/aromatic N) is 2. The molecule has 0 saturated carbocycles. The summed E-state index contributed by atoms with van der Waals surface area (Å²) in [5.74, 6) is 0.0580. The highest BCUT2D eigenvalue weighted by Gasteiger charge is 2.31. The van der Waals surface area contributed by atoms with E-state index in [1.54, 1.807) is 12.1 Å². The predicted molar refractivity (Wildman–Crippen MR) is 136 cm³/mol. The molecule has 2 aromatic rings. The Balaban J connectivity index is 1.43. The first-order valence-corrected chi connectivity index (χ1v) is 15.2. The lowest BCUT2D eigenvalue weighted by molar-refractivity contribution is -0.137. The number of ether oxygens (including phenoxy) is 1. The zero-order valence-electron chi connectivity index (χ0n) is 20.8. The molecular formula is C24H30F3N3O6S2. The summed E-state index contributed by atoms with van der Waals surface area (Å²) >= 11 is 0. The number of rotatable bonds is 12. The zero-order chi connectivity index (χ0) is 28.0. The summed E-state index contributed by atoms with van der Waals surface area (Å²) in [7, 11) is -7.39. The topological polar surface area (TPSA) is 113 Å². The average molecular weight is 578 g/mol. The van der Waals surface area contributed by atoms with Crippen molar-refractivity contribution in [2.75, 3.05) is 43.3 Å². The standard InChI is InChI=1S/C24H30F3N3O6S2/c1-37(32,33)30(20-7-4-6-19(18-20)24(25,26)27)16-5-8-23(31)28-13-17-36-21-9-11-22(12-10-21)38(34,35)29-14-2-3-15-29/h4,6-7,9-12,18H,2-3,5,8,13-17H2,1H3,(H,28,31). The molecule has 1 N–H and O–H groups in total. The minimum atomic E-state index is -4.62. The Labute approximate surface area is 220 Å². The van der Waals surface area contributed by atoms with Gasteiger partial charge in [-0.25, -0.2) is 16.8 Å². The van der Waals surface area contributed by atoms with Crippen molar-refractivity contribution in [3.8, 4) is 5.75 Å². The van der Waals surface area contributed by atoms with Crippen molar-refractivity contribution in [2.24, 2.45) is 0 Å². The van der Waals surface area contributed by atoms with Gasteiger partial charge in [0, 0.05) is 26.1 Å². The monoisotopic (exact) mass is 577 g/mol. The smallest absolute Gasteiger partial charge is 0.416 e. The molecule has 1 saturated heterocycles. The number of hydrogen-bond acceptors (Lipinski definition) is 6. The highest BCUT2D eigenvalue weighted by molar-refractivity contribution is 7.92. The molecule has 1 aliphatic heterocycles. The van der Waals surface area contributed by atoms with E-state index >= 15 is 0 Å². The molecule has 0 spiro atoms. The van der Waals surface area contributed by atoms with Gasteiger partial charge in [-0.15, -0.1) is 0 Å². The van der Waals surface area contributed by atoms with Crippen LogP contribution in [0.1, 0.15) is 31.2 Å². The van der Waals surface area contributed by atoms with Crippen molar-refractivity contribution in [1.82, 2.24) is 9.62 Å². The summed E-state index contributed by atoms with van der Waals surface area (Å²) in [5.41, 5.74) is -1.10. The van der Waals surface area contributed by atoms with Crippen LogP contribution in [0.4, 0.5) is 18.9 Å². The third kappa shape index (κ3) is 8.08. The van der Waals surface area contributed by atoms with E-state index in [1.165, 1.54) is 22.5 Å². The first-order chi connectivity index (χ1) is 17.8. The van der Waals surface area contributed by atoms with E-state index in [0.717, 1.165) is 41.6 Å². The van der Waals surface area contributed by atoms with Gasteiger partial charge < -0.3 is 10.1 Å². The number of nitrogens with one attached hydrogen (secondary N) is 1. The van der Waals surface area contributed by atoms with Crippen LogP contribution in [-0.2, 0) is 31.0 Å². The molecule has 0 atom stereocenters. The fourth-order valence-corrected chi connectivity index (χ4v) is 6.41. The SMILES string of the molecule is CS(=O)(=O)N(CCCC(=O)NCCOc1ccc(S(=O)(=O)N2CCCC2)cc1)c1cccc(C(F)(F)F)c1. The van der Waals surface area contributed by atoms with Crippen LogP contribution >= 0.6 is 0 Å². The van der Waals surface area contributed by atoms with Crippen molar-refractivity contribution in [3.05, 3.63) is 54.1 Å². The maximum absolute atomic E-state index is 13.0. The normalized spacial score (nSPS) is 14.8. The number of carbonyl (C=O) groups excluding carboxylic acids is 1. The van der Waals surface area contributed by atoms with Crippen LogP contribution < -0.4 is 14.4 Å². The first kappa shape index (κ1) is 29.7. The van der Waals surface area contributed by atoms with Crippen LogP contribution in [0.15, 0.2) is 53.4 Å². The molecule has 0 aliphatic carbocycles. The molecule has 1 fully saturated rings. The number of halogens is 3. The molecular weight excluding hydrogens is 547 g/mol. The molecule has 3 rings (SSSR count). The minimum absolute atomic E-state index is 0.0476. The molecule has 0 bridgehead atoms. The summed E-state index contributed by atoms with van der Waals surface area (Å²) in [6, 6.07) is 10.0. The van der Waals surface area contributed by atoms with Crippen LogP contribution in [0.25, 0.3) is 0 Å². The van der Waals surface area contributed by atoms with E-state index in [4.69, 9.17) is 4.74 Å². The Bertz CT molecular complexity index is 1310. The largest absolute Gasteiger partial charge is 0.492 e. The summed E-state index contributed by atoms with van der Waals surface area (Å²) in [5, 5.41) is 2.62. The lowest BCUT2D eigenvalue weighted by Crippen LogP contribution is -2.33. The molecule has 0 aromatic heterocycles. The average Bonchev–Trinajstić information content (AvgIpc) is 3.40. The van der Waals surface area contributed by atoms with Crippen molar-refractivity contribution in [2.45, 2.75) is 36.8 Å². The van der Waals surface area contributed by atoms with Gasteiger partial charge in [-0.05, 0) is 61.7 Å². The summed E-state index contributed by atoms with van der Waals surface area (Å²) < 4.78 is 96.3. The number of hydrogen-bond donors (Lipinski definition) is 1. The van der Waals surface area contributed by atoms with Crippen molar-refractivity contribution < 1.29 is 39.5 Å². The summed E-state index contributed by atoms with van der Waals surface area (Å²) in [6.45, 7) is 1.12. The second-order valence-corrected chi connectivity index (χ2v) is 12.6. The lowest BCUT2D eigenvalue weighted by Gasteiger charge is -2.23. The van der Waals surface area contributed by atoms with E-state index in [0.29, 0.717) is 18.8 Å². The Hall–Kier alpha value is -2.84. The molecule has 2 aromatic carbocycles. The molecule has 14 heteroatoms. The van der Waals surface area contributed by atoms with Gasteiger partial charge in [-0.3, -0.25) is 9.10 Å². The maximum Gasteiger partial charge on any atom is 0.416 e. The number of sulfonamides is 2. The van der Waals surface area contributed by atoms with E-state index in [-0.39, 0.29) is 49.0 Å². The van der Waals surface area contributed by atoms with E-state index < -0.39 is 31.8 Å². The Morgan fingerprint density at radius 1 is 1.05 bits per heavy atom. The highest BCUT2D eigenvalue weighted by Crippen LogP contribution is 2.32. The van der Waals surface area contributed by atoms with Gasteiger partial charge in [0.1, 0.15) is 12.4 Å². The highest BCUT2D eigenvalue weighted by atomic mass is 32.2. The number of benzene rings is 2. The van der Waals surface area contributed by atoms with Crippen molar-refractivity contribution in [1.29, 1.82) is 0 Å². The van der Waals surface area contributed by atoms with Gasteiger partial charge in [0.05, 0.1) is 28.9 Å². The van der Waals surface area contributed by atoms with Crippen LogP contribution in [0, 0.1) is 0 Å². The van der Waals surface area contributed by atoms with E-state index in [2.05, 4.69) is 5.32 Å². The Kier molecular flexibility index (Phi) is 9.65. The van der Waals surface area contributed by atoms with Crippen molar-refractivity contribution in [3.63, 3.8) is 0 Å². The fraction of sp³-hybridized carbons (Fsp3) is 0.458. The third-order valence-corrected chi connectivity index (χ3v) is 8.95. The molecule has 0 radical (unpaired) electrons. The predicted octanol–water partition coefficient (Wildman–Crippen LogP) is 3.23. The Morgan fingerprint density at radius 2 is 1.71 bits per heavy atom. The Morgan fingerprint density at radius 3 is 2.32 bits per heavy atom. The van der Waals surface area contributed by atoms with E-state index in [9.17, 15) is 34.8 Å². The fourth-order valence-electron chi connectivity index (χ4n) is 3.94. The quantitative estimate of drug-likeness (QED) is 0.388. The molecule has 210 valence electrons. The molecule has 9 nitrogen and oxygen atoms in total. The third-order valence-electron chi connectivity index (χ3n) is 5.85. The second kappa shape index (κ2) is 12.3. The first-order valence-electron chi connectivity index (χ1n) is 11.9. The molecule has 1 heterocycles. The molecule has 1 aliphatic rings. The van der Waals surface area contributed by atoms with Crippen LogP contribution in [-0.4, -0.2) is 66.1 Å². The number of amides is 1. The molecule has 0 unspecified atom stereocenters. The zero-order valence-corrected chi connectivity index (χ0v) is 22.4. The van der Waals surface area contributed by atoms with Gasteiger partial charge in [-0.2, -0.15) is 17.5 Å². The van der Waals surface area contributed by atoms with Gasteiger partial charge in [0.2, 0.25) is 26.0 Å². The van der Waals surface area contributed by atoms with Gasteiger partial charge >= 0.3 is 6.18 Å².